The van der Waals surface area contributed by atoms with Gasteiger partial charge < -0.3 is 10.2 Å². The van der Waals surface area contributed by atoms with Crippen LogP contribution < -0.4 is 5.32 Å². The number of benzene rings is 1. The maximum absolute atomic E-state index is 13.3. The SMILES string of the molecule is O=C(Nc1c(F)cccc1F)N1CCSCC1. The number of rotatable bonds is 1. The molecule has 0 aliphatic carbocycles. The average molecular weight is 258 g/mol. The highest BCUT2D eigenvalue weighted by atomic mass is 32.2. The van der Waals surface area contributed by atoms with E-state index in [0.717, 1.165) is 23.6 Å². The van der Waals surface area contributed by atoms with Gasteiger partial charge in [-0.15, -0.1) is 0 Å². The molecular formula is C11H12F2N2OS. The number of hydrogen-bond donors (Lipinski definition) is 1. The molecule has 1 N–H and O–H groups in total. The normalized spacial score (nSPS) is 15.8. The molecule has 0 aromatic heterocycles. The van der Waals surface area contributed by atoms with Crippen molar-refractivity contribution in [1.82, 2.24) is 4.90 Å². The maximum Gasteiger partial charge on any atom is 0.322 e. The van der Waals surface area contributed by atoms with Crippen molar-refractivity contribution in [2.45, 2.75) is 0 Å². The molecule has 0 atom stereocenters. The van der Waals surface area contributed by atoms with E-state index in [1.54, 1.807) is 16.7 Å². The van der Waals surface area contributed by atoms with E-state index < -0.39 is 17.7 Å². The molecule has 1 aromatic carbocycles. The lowest BCUT2D eigenvalue weighted by Gasteiger charge is -2.26. The van der Waals surface area contributed by atoms with Crippen molar-refractivity contribution < 1.29 is 13.6 Å². The number of amides is 2. The van der Waals surface area contributed by atoms with Crippen LogP contribution in [0.15, 0.2) is 18.2 Å². The highest BCUT2D eigenvalue weighted by molar-refractivity contribution is 7.99. The fourth-order valence-electron chi connectivity index (χ4n) is 1.57. The topological polar surface area (TPSA) is 32.3 Å². The van der Waals surface area contributed by atoms with Crippen molar-refractivity contribution >= 4 is 23.5 Å². The van der Waals surface area contributed by atoms with Gasteiger partial charge in [0.2, 0.25) is 0 Å². The summed E-state index contributed by atoms with van der Waals surface area (Å²) >= 11 is 1.76. The summed E-state index contributed by atoms with van der Waals surface area (Å²) in [5.41, 5.74) is -0.379. The van der Waals surface area contributed by atoms with Gasteiger partial charge in [0.1, 0.15) is 17.3 Å². The molecule has 17 heavy (non-hydrogen) atoms. The van der Waals surface area contributed by atoms with Crippen molar-refractivity contribution in [2.75, 3.05) is 29.9 Å². The van der Waals surface area contributed by atoms with Gasteiger partial charge in [0.25, 0.3) is 0 Å². The van der Waals surface area contributed by atoms with Crippen LogP contribution in [0.1, 0.15) is 0 Å². The lowest BCUT2D eigenvalue weighted by atomic mass is 10.3. The third-order valence-electron chi connectivity index (χ3n) is 2.49. The van der Waals surface area contributed by atoms with Crippen molar-refractivity contribution in [3.8, 4) is 0 Å². The van der Waals surface area contributed by atoms with Crippen LogP contribution in [0, 0.1) is 11.6 Å². The zero-order chi connectivity index (χ0) is 12.3. The Labute approximate surface area is 102 Å². The first-order chi connectivity index (χ1) is 8.18. The second-order valence-corrected chi connectivity index (χ2v) is 4.85. The van der Waals surface area contributed by atoms with Gasteiger partial charge >= 0.3 is 6.03 Å². The summed E-state index contributed by atoms with van der Waals surface area (Å²) in [7, 11) is 0. The number of anilines is 1. The van der Waals surface area contributed by atoms with Crippen molar-refractivity contribution in [1.29, 1.82) is 0 Å². The van der Waals surface area contributed by atoms with Crippen LogP contribution in [0.3, 0.4) is 0 Å². The minimum absolute atomic E-state index is 0.379. The predicted molar refractivity (Wildman–Crippen MR) is 64.3 cm³/mol. The molecule has 2 amide bonds. The van der Waals surface area contributed by atoms with Gasteiger partial charge in [0.05, 0.1) is 0 Å². The summed E-state index contributed by atoms with van der Waals surface area (Å²) in [5.74, 6) is 0.190. The van der Waals surface area contributed by atoms with E-state index in [1.807, 2.05) is 0 Å². The third-order valence-corrected chi connectivity index (χ3v) is 3.44. The van der Waals surface area contributed by atoms with E-state index >= 15 is 0 Å². The number of halogens is 2. The number of hydrogen-bond acceptors (Lipinski definition) is 2. The quantitative estimate of drug-likeness (QED) is 0.839. The Hall–Kier alpha value is -1.30. The number of carbonyl (C=O) groups excluding carboxylic acids is 1. The molecule has 3 nitrogen and oxygen atoms in total. The molecule has 0 unspecified atom stereocenters. The van der Waals surface area contributed by atoms with E-state index in [1.165, 1.54) is 6.07 Å². The first-order valence-electron chi connectivity index (χ1n) is 5.26. The molecule has 1 fully saturated rings. The van der Waals surface area contributed by atoms with Gasteiger partial charge in [-0.2, -0.15) is 11.8 Å². The molecule has 1 saturated heterocycles. The molecule has 1 aromatic rings. The fraction of sp³-hybridized carbons (Fsp3) is 0.364. The molecule has 1 aliphatic rings. The van der Waals surface area contributed by atoms with Crippen LogP contribution in [0.5, 0.6) is 0 Å². The Morgan fingerprint density at radius 3 is 2.41 bits per heavy atom. The Kier molecular flexibility index (Phi) is 3.83. The summed E-state index contributed by atoms with van der Waals surface area (Å²) in [6.07, 6.45) is 0. The number of urea groups is 1. The molecule has 1 aliphatic heterocycles. The van der Waals surface area contributed by atoms with Gasteiger partial charge in [-0.05, 0) is 12.1 Å². The molecule has 2 rings (SSSR count). The van der Waals surface area contributed by atoms with Gasteiger partial charge in [0.15, 0.2) is 0 Å². The van der Waals surface area contributed by atoms with Crippen molar-refractivity contribution in [2.24, 2.45) is 0 Å². The van der Waals surface area contributed by atoms with Crippen LogP contribution in [0.25, 0.3) is 0 Å². The first-order valence-corrected chi connectivity index (χ1v) is 6.41. The van der Waals surface area contributed by atoms with Gasteiger partial charge in [-0.25, -0.2) is 13.6 Å². The summed E-state index contributed by atoms with van der Waals surface area (Å²) in [4.78, 5) is 13.3. The van der Waals surface area contributed by atoms with Gasteiger partial charge in [-0.3, -0.25) is 0 Å². The fourth-order valence-corrected chi connectivity index (χ4v) is 2.47. The largest absolute Gasteiger partial charge is 0.323 e. The van der Waals surface area contributed by atoms with Crippen LogP contribution in [-0.2, 0) is 0 Å². The van der Waals surface area contributed by atoms with Crippen LogP contribution in [0.4, 0.5) is 19.3 Å². The minimum Gasteiger partial charge on any atom is -0.323 e. The molecule has 0 saturated carbocycles. The zero-order valence-corrected chi connectivity index (χ0v) is 9.90. The number of thioether (sulfide) groups is 1. The average Bonchev–Trinajstić information content (AvgIpc) is 2.35. The van der Waals surface area contributed by atoms with Crippen LogP contribution >= 0.6 is 11.8 Å². The smallest absolute Gasteiger partial charge is 0.322 e. The van der Waals surface area contributed by atoms with Crippen LogP contribution in [0.2, 0.25) is 0 Å². The van der Waals surface area contributed by atoms with Crippen LogP contribution in [-0.4, -0.2) is 35.5 Å². The van der Waals surface area contributed by atoms with Crippen molar-refractivity contribution in [3.63, 3.8) is 0 Å². The predicted octanol–water partition coefficient (Wildman–Crippen LogP) is 2.55. The van der Waals surface area contributed by atoms with E-state index in [9.17, 15) is 13.6 Å². The maximum atomic E-state index is 13.3. The lowest BCUT2D eigenvalue weighted by molar-refractivity contribution is 0.216. The minimum atomic E-state index is -0.760. The molecule has 0 bridgehead atoms. The number of nitrogens with zero attached hydrogens (tertiary/aromatic N) is 1. The van der Waals surface area contributed by atoms with E-state index in [4.69, 9.17) is 0 Å². The van der Waals surface area contributed by atoms with E-state index in [2.05, 4.69) is 5.32 Å². The number of carbonyl (C=O) groups is 1. The molecule has 0 radical (unpaired) electrons. The van der Waals surface area contributed by atoms with Crippen molar-refractivity contribution in [3.05, 3.63) is 29.8 Å². The second kappa shape index (κ2) is 5.35. The van der Waals surface area contributed by atoms with E-state index in [-0.39, 0.29) is 5.69 Å². The second-order valence-electron chi connectivity index (χ2n) is 3.63. The molecular weight excluding hydrogens is 246 g/mol. The molecule has 92 valence electrons. The summed E-state index contributed by atoms with van der Waals surface area (Å²) < 4.78 is 26.6. The molecule has 1 heterocycles. The summed E-state index contributed by atoms with van der Waals surface area (Å²) in [6, 6.07) is 3.04. The number of nitrogens with one attached hydrogen (secondary N) is 1. The molecule has 0 spiro atoms. The first kappa shape index (κ1) is 12.2. The summed E-state index contributed by atoms with van der Waals surface area (Å²) in [6.45, 7) is 1.21. The number of para-hydroxylation sites is 1. The Morgan fingerprint density at radius 1 is 1.24 bits per heavy atom. The Balaban J connectivity index is 2.07. The van der Waals surface area contributed by atoms with E-state index in [0.29, 0.717) is 13.1 Å². The van der Waals surface area contributed by atoms with Gasteiger partial charge in [-0.1, -0.05) is 6.07 Å². The lowest BCUT2D eigenvalue weighted by Crippen LogP contribution is -2.40. The highest BCUT2D eigenvalue weighted by Gasteiger charge is 2.19. The molecule has 6 heteroatoms. The monoisotopic (exact) mass is 258 g/mol. The van der Waals surface area contributed by atoms with Gasteiger partial charge in [0, 0.05) is 24.6 Å². The zero-order valence-electron chi connectivity index (χ0n) is 9.08. The third kappa shape index (κ3) is 2.88. The highest BCUT2D eigenvalue weighted by Crippen LogP contribution is 2.19. The summed E-state index contributed by atoms with van der Waals surface area (Å²) in [5, 5.41) is 2.28. The standard InChI is InChI=1S/C11H12F2N2OS/c12-8-2-1-3-9(13)10(8)14-11(16)15-4-6-17-7-5-15/h1-3H,4-7H2,(H,14,16). The Morgan fingerprint density at radius 2 is 1.82 bits per heavy atom. The Bertz CT molecular complexity index is 402.